The fourth-order valence-corrected chi connectivity index (χ4v) is 9.71. The average Bonchev–Trinajstić information content (AvgIpc) is 3.54. The lowest BCUT2D eigenvalue weighted by molar-refractivity contribution is -0.138. The van der Waals surface area contributed by atoms with Gasteiger partial charge in [0.25, 0.3) is 11.8 Å². The number of anilines is 2. The first-order valence-electron chi connectivity index (χ1n) is 17.5. The van der Waals surface area contributed by atoms with E-state index in [9.17, 15) is 19.5 Å². The highest BCUT2D eigenvalue weighted by molar-refractivity contribution is 9.10. The number of aromatic hydroxyl groups is 1. The molecule has 0 bridgehead atoms. The van der Waals surface area contributed by atoms with Crippen molar-refractivity contribution in [3.63, 3.8) is 0 Å². The Kier molecular flexibility index (Phi) is 7.48. The summed E-state index contributed by atoms with van der Waals surface area (Å²) in [6.45, 7) is 1.96. The number of carbonyl (C=O) groups is 4. The van der Waals surface area contributed by atoms with E-state index in [0.717, 1.165) is 26.0 Å². The van der Waals surface area contributed by atoms with Gasteiger partial charge in [0.15, 0.2) is 0 Å². The first-order chi connectivity index (χ1) is 25.2. The fraction of sp³-hybridized carbons (Fsp3) is 0.209. The molecule has 2 N–H and O–H groups in total. The molecule has 5 aromatic rings. The van der Waals surface area contributed by atoms with Crippen molar-refractivity contribution >= 4 is 61.7 Å². The van der Waals surface area contributed by atoms with E-state index in [2.05, 4.69) is 21.4 Å². The highest BCUT2D eigenvalue weighted by Crippen LogP contribution is 2.65. The molecule has 0 radical (unpaired) electrons. The van der Waals surface area contributed by atoms with Gasteiger partial charge < -0.3 is 5.11 Å². The van der Waals surface area contributed by atoms with E-state index in [4.69, 9.17) is 0 Å². The van der Waals surface area contributed by atoms with Gasteiger partial charge in [-0.25, -0.2) is 0 Å². The molecule has 4 aliphatic rings. The number of hydrogen-bond acceptors (Lipinski definition) is 6. The molecule has 2 aliphatic heterocycles. The smallest absolute Gasteiger partial charge is 0.260 e. The molecule has 2 heterocycles. The predicted octanol–water partition coefficient (Wildman–Crippen LogP) is 7.81. The summed E-state index contributed by atoms with van der Waals surface area (Å²) in [4.78, 5) is 60.2. The van der Waals surface area contributed by atoms with Crippen LogP contribution in [0, 0.1) is 30.6 Å². The normalized spacial score (nSPS) is 26.7. The molecule has 4 amide bonds. The lowest BCUT2D eigenvalue weighted by Gasteiger charge is -2.50. The Morgan fingerprint density at radius 1 is 0.769 bits per heavy atom. The molecule has 5 aromatic carbocycles. The summed E-state index contributed by atoms with van der Waals surface area (Å²) in [6, 6.07) is 35.2. The van der Waals surface area contributed by atoms with Crippen LogP contribution in [0.2, 0.25) is 0 Å². The molecule has 1 saturated carbocycles. The van der Waals surface area contributed by atoms with Crippen LogP contribution >= 0.6 is 15.9 Å². The van der Waals surface area contributed by atoms with E-state index in [1.165, 1.54) is 4.90 Å². The number of nitrogens with one attached hydrogen (secondary N) is 1. The van der Waals surface area contributed by atoms with Gasteiger partial charge in [-0.15, -0.1) is 0 Å². The fourth-order valence-electron chi connectivity index (χ4n) is 9.44. The van der Waals surface area contributed by atoms with Gasteiger partial charge in [0, 0.05) is 21.3 Å². The van der Waals surface area contributed by atoms with Crippen LogP contribution in [0.3, 0.4) is 0 Å². The van der Waals surface area contributed by atoms with Crippen molar-refractivity contribution in [2.75, 3.05) is 10.3 Å². The first-order valence-corrected chi connectivity index (χ1v) is 18.3. The summed E-state index contributed by atoms with van der Waals surface area (Å²) in [5.41, 5.74) is 5.71. The molecule has 9 heteroatoms. The van der Waals surface area contributed by atoms with Crippen LogP contribution in [-0.4, -0.2) is 33.7 Å². The number of halogens is 1. The molecule has 3 fully saturated rings. The van der Waals surface area contributed by atoms with Crippen molar-refractivity contribution in [1.29, 1.82) is 0 Å². The van der Waals surface area contributed by atoms with Crippen LogP contribution in [-0.2, 0) is 24.6 Å². The number of phenols is 1. The number of hydrogen-bond donors (Lipinski definition) is 2. The number of rotatable bonds is 5. The Labute approximate surface area is 308 Å². The molecular formula is C43H34BrN3O5. The van der Waals surface area contributed by atoms with Gasteiger partial charge >= 0.3 is 0 Å². The lowest BCUT2D eigenvalue weighted by Crippen LogP contribution is -2.53. The van der Waals surface area contributed by atoms with Gasteiger partial charge in [-0.2, -0.15) is 5.01 Å². The van der Waals surface area contributed by atoms with Crippen molar-refractivity contribution in [1.82, 2.24) is 5.01 Å². The van der Waals surface area contributed by atoms with Gasteiger partial charge in [0.05, 0.1) is 34.5 Å². The summed E-state index contributed by atoms with van der Waals surface area (Å²) in [6.07, 6.45) is 2.48. The number of phenolic OH excluding ortho intramolecular Hbond substituents is 1. The van der Waals surface area contributed by atoms with E-state index >= 15 is 4.79 Å². The van der Waals surface area contributed by atoms with Crippen molar-refractivity contribution in [2.45, 2.75) is 31.1 Å². The molecule has 2 aliphatic carbocycles. The molecule has 258 valence electrons. The Morgan fingerprint density at radius 3 is 2.23 bits per heavy atom. The second-order valence-corrected chi connectivity index (χ2v) is 15.2. The maximum atomic E-state index is 15.4. The summed E-state index contributed by atoms with van der Waals surface area (Å²) >= 11 is 3.44. The van der Waals surface area contributed by atoms with E-state index < -0.39 is 46.8 Å². The summed E-state index contributed by atoms with van der Waals surface area (Å²) in [5.74, 6) is -5.04. The minimum absolute atomic E-state index is 0.0244. The van der Waals surface area contributed by atoms with E-state index in [-0.39, 0.29) is 24.0 Å². The van der Waals surface area contributed by atoms with Crippen LogP contribution < -0.4 is 10.3 Å². The molecule has 0 aromatic heterocycles. The summed E-state index contributed by atoms with van der Waals surface area (Å²) in [5, 5.41) is 14.8. The van der Waals surface area contributed by atoms with E-state index in [0.29, 0.717) is 34.3 Å². The molecule has 9 rings (SSSR count). The number of hydrazine groups is 1. The largest absolute Gasteiger partial charge is 0.507 e. The molecule has 6 unspecified atom stereocenters. The van der Waals surface area contributed by atoms with Gasteiger partial charge in [0.1, 0.15) is 5.75 Å². The van der Waals surface area contributed by atoms with Crippen LogP contribution in [0.15, 0.2) is 131 Å². The molecule has 8 nitrogen and oxygen atoms in total. The first kappa shape index (κ1) is 32.4. The summed E-state index contributed by atoms with van der Waals surface area (Å²) < 4.78 is 0.826. The number of amides is 4. The van der Waals surface area contributed by atoms with Crippen molar-refractivity contribution in [3.05, 3.63) is 148 Å². The molecule has 6 atom stereocenters. The topological polar surface area (TPSA) is 107 Å². The number of carbonyl (C=O) groups excluding carboxylic acids is 4. The third-order valence-electron chi connectivity index (χ3n) is 11.7. The Hall–Kier alpha value is -5.54. The van der Waals surface area contributed by atoms with Gasteiger partial charge in [-0.3, -0.25) is 29.5 Å². The SMILES string of the molecule is Cc1ccc(NN2C(=O)C3CC4C(=CCC5C(=O)N(c6ccc(Br)cc6)C(=O)C54)C(c4ccc5ccccc5c4O)C3(c3ccccc3)C2=O)cc1. The van der Waals surface area contributed by atoms with Crippen LogP contribution in [0.25, 0.3) is 10.8 Å². The zero-order valence-corrected chi connectivity index (χ0v) is 29.8. The monoisotopic (exact) mass is 751 g/mol. The number of fused-ring (bicyclic) bond motifs is 5. The van der Waals surface area contributed by atoms with Gasteiger partial charge in [0.2, 0.25) is 11.8 Å². The predicted molar refractivity (Wildman–Crippen MR) is 201 cm³/mol. The number of nitrogens with zero attached hydrogens (tertiary/aromatic N) is 2. The van der Waals surface area contributed by atoms with Crippen molar-refractivity contribution in [2.24, 2.45) is 23.7 Å². The number of imide groups is 2. The Balaban J connectivity index is 1.26. The van der Waals surface area contributed by atoms with Crippen LogP contribution in [0.4, 0.5) is 11.4 Å². The zero-order chi connectivity index (χ0) is 35.9. The maximum Gasteiger partial charge on any atom is 0.260 e. The van der Waals surface area contributed by atoms with Gasteiger partial charge in [-0.05, 0) is 73.0 Å². The quantitative estimate of drug-likeness (QED) is 0.140. The Bertz CT molecular complexity index is 2340. The average molecular weight is 753 g/mol. The standard InChI is InChI=1S/C43H34BrN3O5/c1-24-11-16-28(17-12-24)45-47-40(50)35-23-34-31(21-22-32-36(34)41(51)46(39(32)49)29-18-14-27(44)15-19-29)37(43(35,42(47)52)26-8-3-2-4-9-26)33-20-13-25-7-5-6-10-30(25)38(33)48/h2-21,32,34-37,45,48H,22-23H2,1H3. The van der Waals surface area contributed by atoms with E-state index in [1.54, 1.807) is 24.3 Å². The third-order valence-corrected chi connectivity index (χ3v) is 12.2. The highest BCUT2D eigenvalue weighted by Gasteiger charge is 2.70. The second kappa shape index (κ2) is 12.0. The van der Waals surface area contributed by atoms with Crippen molar-refractivity contribution < 1.29 is 24.3 Å². The Morgan fingerprint density at radius 2 is 1.48 bits per heavy atom. The minimum atomic E-state index is -1.47. The number of benzene rings is 5. The second-order valence-electron chi connectivity index (χ2n) is 14.3. The molecular weight excluding hydrogens is 718 g/mol. The van der Waals surface area contributed by atoms with Crippen LogP contribution in [0.5, 0.6) is 5.75 Å². The van der Waals surface area contributed by atoms with Crippen LogP contribution in [0.1, 0.15) is 35.4 Å². The number of allylic oxidation sites excluding steroid dienone is 2. The maximum absolute atomic E-state index is 15.4. The molecule has 52 heavy (non-hydrogen) atoms. The van der Waals surface area contributed by atoms with E-state index in [1.807, 2.05) is 104 Å². The van der Waals surface area contributed by atoms with Gasteiger partial charge in [-0.1, -0.05) is 112 Å². The molecule has 2 saturated heterocycles. The summed E-state index contributed by atoms with van der Waals surface area (Å²) in [7, 11) is 0. The minimum Gasteiger partial charge on any atom is -0.507 e. The highest BCUT2D eigenvalue weighted by atomic mass is 79.9. The molecule has 0 spiro atoms. The third kappa shape index (κ3) is 4.58. The zero-order valence-electron chi connectivity index (χ0n) is 28.2. The lowest BCUT2D eigenvalue weighted by atomic mass is 9.49. The number of aryl methyl sites for hydroxylation is 1. The van der Waals surface area contributed by atoms with Crippen molar-refractivity contribution in [3.8, 4) is 5.75 Å².